The lowest BCUT2D eigenvalue weighted by Gasteiger charge is -2.03. The van der Waals surface area contributed by atoms with Crippen LogP contribution >= 0.6 is 0 Å². The van der Waals surface area contributed by atoms with E-state index in [0.29, 0.717) is 5.56 Å². The average molecular weight is 234 g/mol. The molecule has 17 heavy (non-hydrogen) atoms. The van der Waals surface area contributed by atoms with Gasteiger partial charge in [0.2, 0.25) is 5.91 Å². The molecule has 0 bridgehead atoms. The van der Waals surface area contributed by atoms with Crippen LogP contribution in [0.3, 0.4) is 0 Å². The maximum atomic E-state index is 11.6. The van der Waals surface area contributed by atoms with Gasteiger partial charge in [0, 0.05) is 5.56 Å². The molecule has 0 saturated heterocycles. The molecule has 0 unspecified atom stereocenters. The van der Waals surface area contributed by atoms with Gasteiger partial charge in [0.15, 0.2) is 6.61 Å². The van der Waals surface area contributed by atoms with E-state index in [1.54, 1.807) is 18.2 Å². The number of hydroxylamine groups is 1. The normalized spacial score (nSPS) is 10.4. The summed E-state index contributed by atoms with van der Waals surface area (Å²) in [6.45, 7) is -0.363. The number of rotatable bonds is 4. The first-order chi connectivity index (χ1) is 8.16. The van der Waals surface area contributed by atoms with Crippen LogP contribution in [-0.4, -0.2) is 28.4 Å². The zero-order chi connectivity index (χ0) is 12.3. The largest absolute Gasteiger partial charge is 0.368 e. The third-order valence-electron chi connectivity index (χ3n) is 2.06. The van der Waals surface area contributed by atoms with Crippen molar-refractivity contribution < 1.29 is 14.4 Å². The molecule has 1 aromatic carbocycles. The minimum Gasteiger partial charge on any atom is -0.368 e. The highest BCUT2D eigenvalue weighted by Crippen LogP contribution is 2.11. The summed E-state index contributed by atoms with van der Waals surface area (Å²) in [7, 11) is 0. The molecular formula is C10H10N4O3. The number of aromatic amines is 1. The Kier molecular flexibility index (Phi) is 3.01. The van der Waals surface area contributed by atoms with Gasteiger partial charge in [-0.3, -0.25) is 14.4 Å². The lowest BCUT2D eigenvalue weighted by atomic mass is 10.2. The number of hydrogen-bond acceptors (Lipinski definition) is 4. The summed E-state index contributed by atoms with van der Waals surface area (Å²) in [5.74, 6) is -1.11. The topological polar surface area (TPSA) is 110 Å². The molecule has 7 heteroatoms. The highest BCUT2D eigenvalue weighted by atomic mass is 16.7. The molecule has 0 fully saturated rings. The van der Waals surface area contributed by atoms with Crippen LogP contribution in [0, 0.1) is 0 Å². The van der Waals surface area contributed by atoms with E-state index < -0.39 is 11.8 Å². The number of benzene rings is 1. The molecule has 0 saturated carbocycles. The third kappa shape index (κ3) is 2.58. The van der Waals surface area contributed by atoms with Crippen LogP contribution in [0.15, 0.2) is 24.5 Å². The number of fused-ring (bicyclic) bond motifs is 1. The smallest absolute Gasteiger partial charge is 0.274 e. The van der Waals surface area contributed by atoms with Crippen molar-refractivity contribution in [3.05, 3.63) is 30.1 Å². The Balaban J connectivity index is 2.05. The standard InChI is InChI=1S/C10H10N4O3/c11-9(15)4-17-14-10(16)6-1-2-7-8(3-6)13-5-12-7/h1-3,5H,4H2,(H2,11,15)(H,12,13)(H,14,16). The molecule has 1 aromatic heterocycles. The zero-order valence-electron chi connectivity index (χ0n) is 8.77. The van der Waals surface area contributed by atoms with E-state index in [4.69, 9.17) is 5.73 Å². The van der Waals surface area contributed by atoms with Crippen molar-refractivity contribution in [1.29, 1.82) is 0 Å². The van der Waals surface area contributed by atoms with Gasteiger partial charge in [-0.15, -0.1) is 0 Å². The maximum Gasteiger partial charge on any atom is 0.274 e. The predicted octanol–water partition coefficient (Wildman–Crippen LogP) is -0.290. The number of amides is 2. The van der Waals surface area contributed by atoms with Crippen LogP contribution in [0.5, 0.6) is 0 Å². The quantitative estimate of drug-likeness (QED) is 0.631. The number of primary amides is 1. The van der Waals surface area contributed by atoms with E-state index >= 15 is 0 Å². The molecule has 0 spiro atoms. The van der Waals surface area contributed by atoms with Crippen LogP contribution in [0.25, 0.3) is 11.0 Å². The number of H-pyrrole nitrogens is 1. The minimum atomic E-state index is -0.658. The Hall–Kier alpha value is -2.41. The van der Waals surface area contributed by atoms with Crippen molar-refractivity contribution in [3.63, 3.8) is 0 Å². The van der Waals surface area contributed by atoms with Gasteiger partial charge in [-0.05, 0) is 18.2 Å². The van der Waals surface area contributed by atoms with Crippen molar-refractivity contribution in [2.45, 2.75) is 0 Å². The Morgan fingerprint density at radius 2 is 2.29 bits per heavy atom. The van der Waals surface area contributed by atoms with Gasteiger partial charge >= 0.3 is 0 Å². The maximum absolute atomic E-state index is 11.6. The first-order valence-corrected chi connectivity index (χ1v) is 4.80. The van der Waals surface area contributed by atoms with E-state index in [1.807, 2.05) is 0 Å². The number of nitrogens with two attached hydrogens (primary N) is 1. The summed E-state index contributed by atoms with van der Waals surface area (Å²) in [4.78, 5) is 33.5. The Bertz CT molecular complexity index is 563. The molecule has 2 rings (SSSR count). The van der Waals surface area contributed by atoms with Gasteiger partial charge in [-0.1, -0.05) is 0 Å². The summed E-state index contributed by atoms with van der Waals surface area (Å²) in [5.41, 5.74) is 8.86. The fraction of sp³-hybridized carbons (Fsp3) is 0.100. The molecule has 2 amide bonds. The fourth-order valence-corrected chi connectivity index (χ4v) is 1.31. The average Bonchev–Trinajstić information content (AvgIpc) is 2.75. The van der Waals surface area contributed by atoms with E-state index in [0.717, 1.165) is 11.0 Å². The number of hydrogen-bond donors (Lipinski definition) is 3. The molecule has 7 nitrogen and oxygen atoms in total. The van der Waals surface area contributed by atoms with Crippen LogP contribution in [0.2, 0.25) is 0 Å². The van der Waals surface area contributed by atoms with Crippen LogP contribution < -0.4 is 11.2 Å². The molecule has 1 heterocycles. The van der Waals surface area contributed by atoms with E-state index in [2.05, 4.69) is 20.3 Å². The van der Waals surface area contributed by atoms with Crippen LogP contribution in [-0.2, 0) is 9.63 Å². The molecule has 2 aromatic rings. The molecule has 4 N–H and O–H groups in total. The number of aromatic nitrogens is 2. The van der Waals surface area contributed by atoms with Crippen LogP contribution in [0.4, 0.5) is 0 Å². The highest BCUT2D eigenvalue weighted by molar-refractivity contribution is 5.96. The first kappa shape index (κ1) is 11.1. The van der Waals surface area contributed by atoms with Gasteiger partial charge in [-0.25, -0.2) is 10.5 Å². The molecule has 0 aliphatic carbocycles. The predicted molar refractivity (Wildman–Crippen MR) is 58.7 cm³/mol. The van der Waals surface area contributed by atoms with Crippen molar-refractivity contribution in [2.75, 3.05) is 6.61 Å². The second kappa shape index (κ2) is 4.62. The molecule has 0 aliphatic heterocycles. The van der Waals surface area contributed by atoms with Crippen molar-refractivity contribution in [1.82, 2.24) is 15.4 Å². The lowest BCUT2D eigenvalue weighted by molar-refractivity contribution is -0.124. The van der Waals surface area contributed by atoms with Crippen LogP contribution in [0.1, 0.15) is 10.4 Å². The molecule has 0 aliphatic rings. The number of carbonyl (C=O) groups excluding carboxylic acids is 2. The third-order valence-corrected chi connectivity index (χ3v) is 2.06. The lowest BCUT2D eigenvalue weighted by Crippen LogP contribution is -2.29. The number of imidazole rings is 1. The summed E-state index contributed by atoms with van der Waals surface area (Å²) in [6, 6.07) is 4.94. The van der Waals surface area contributed by atoms with Crippen molar-refractivity contribution >= 4 is 22.8 Å². The van der Waals surface area contributed by atoms with Gasteiger partial charge in [0.05, 0.1) is 17.4 Å². The van der Waals surface area contributed by atoms with Gasteiger partial charge in [0.1, 0.15) is 0 Å². The molecule has 0 radical (unpaired) electrons. The van der Waals surface area contributed by atoms with E-state index in [-0.39, 0.29) is 6.61 Å². The second-order valence-electron chi connectivity index (χ2n) is 3.32. The van der Waals surface area contributed by atoms with Gasteiger partial charge in [0.25, 0.3) is 5.91 Å². The van der Waals surface area contributed by atoms with Crippen molar-refractivity contribution in [2.24, 2.45) is 5.73 Å². The SMILES string of the molecule is NC(=O)CONC(=O)c1ccc2nc[nH]c2c1. The summed E-state index contributed by atoms with van der Waals surface area (Å²) >= 11 is 0. The Morgan fingerprint density at radius 1 is 1.47 bits per heavy atom. The fourth-order valence-electron chi connectivity index (χ4n) is 1.31. The van der Waals surface area contributed by atoms with Gasteiger partial charge < -0.3 is 10.7 Å². The monoisotopic (exact) mass is 234 g/mol. The Labute approximate surface area is 95.9 Å². The highest BCUT2D eigenvalue weighted by Gasteiger charge is 2.07. The summed E-state index contributed by atoms with van der Waals surface area (Å²) in [5, 5.41) is 0. The number of nitrogens with zero attached hydrogens (tertiary/aromatic N) is 1. The first-order valence-electron chi connectivity index (χ1n) is 4.80. The molecule has 0 atom stereocenters. The van der Waals surface area contributed by atoms with Gasteiger partial charge in [-0.2, -0.15) is 0 Å². The minimum absolute atomic E-state index is 0.363. The number of carbonyl (C=O) groups is 2. The van der Waals surface area contributed by atoms with E-state index in [1.165, 1.54) is 6.33 Å². The number of nitrogens with one attached hydrogen (secondary N) is 2. The Morgan fingerprint density at radius 3 is 3.06 bits per heavy atom. The molecular weight excluding hydrogens is 224 g/mol. The van der Waals surface area contributed by atoms with Crippen molar-refractivity contribution in [3.8, 4) is 0 Å². The second-order valence-corrected chi connectivity index (χ2v) is 3.32. The molecule has 88 valence electrons. The zero-order valence-corrected chi connectivity index (χ0v) is 8.77. The summed E-state index contributed by atoms with van der Waals surface area (Å²) in [6.07, 6.45) is 1.54. The summed E-state index contributed by atoms with van der Waals surface area (Å²) < 4.78 is 0. The van der Waals surface area contributed by atoms with E-state index in [9.17, 15) is 9.59 Å².